The second kappa shape index (κ2) is 7.62. The van der Waals surface area contributed by atoms with Crippen molar-refractivity contribution in [2.75, 3.05) is 13.1 Å². The van der Waals surface area contributed by atoms with E-state index in [1.54, 1.807) is 4.90 Å². The number of hydrogen-bond acceptors (Lipinski definition) is 2. The van der Waals surface area contributed by atoms with Gasteiger partial charge in [-0.1, -0.05) is 24.3 Å². The first kappa shape index (κ1) is 18.9. The molecule has 4 heterocycles. The molecule has 0 amide bonds. The van der Waals surface area contributed by atoms with E-state index in [1.807, 2.05) is 30.5 Å². The second-order valence-electron chi connectivity index (χ2n) is 6.77. The first-order valence-corrected chi connectivity index (χ1v) is 8.27. The minimum absolute atomic E-state index is 0. The maximum absolute atomic E-state index is 11.0. The highest BCUT2D eigenvalue weighted by atomic mass is 35.5. The molecule has 24 heavy (non-hydrogen) atoms. The van der Waals surface area contributed by atoms with E-state index in [0.717, 1.165) is 29.4 Å². The van der Waals surface area contributed by atoms with Crippen LogP contribution in [0.3, 0.4) is 0 Å². The van der Waals surface area contributed by atoms with Crippen LogP contribution < -0.4 is 17.3 Å². The van der Waals surface area contributed by atoms with Gasteiger partial charge in [0.15, 0.2) is 0 Å². The summed E-state index contributed by atoms with van der Waals surface area (Å²) < 4.78 is 0. The number of aromatic nitrogens is 1. The van der Waals surface area contributed by atoms with Crippen molar-refractivity contribution < 1.29 is 27.9 Å². The topological polar surface area (TPSA) is 69.1 Å². The zero-order valence-corrected chi connectivity index (χ0v) is 14.4. The summed E-state index contributed by atoms with van der Waals surface area (Å²) in [6.45, 7) is 6.29. The normalized spacial score (nSPS) is 29.4. The van der Waals surface area contributed by atoms with Gasteiger partial charge >= 0.3 is 0 Å². The number of para-hydroxylation sites is 1. The van der Waals surface area contributed by atoms with E-state index < -0.39 is 6.10 Å². The van der Waals surface area contributed by atoms with Crippen LogP contribution in [-0.2, 0) is 0 Å². The summed E-state index contributed by atoms with van der Waals surface area (Å²) in [6, 6.07) is 10.4. The van der Waals surface area contributed by atoms with Crippen molar-refractivity contribution in [2.45, 2.75) is 25.0 Å². The Kier molecular flexibility index (Phi) is 5.99. The van der Waals surface area contributed by atoms with E-state index in [-0.39, 0.29) is 17.9 Å². The number of nitrogens with one attached hydrogen (secondary N) is 1. The zero-order valence-electron chi connectivity index (χ0n) is 13.7. The van der Waals surface area contributed by atoms with Gasteiger partial charge in [0.2, 0.25) is 0 Å². The molecule has 1 aromatic carbocycles. The number of pyridine rings is 1. The SMILES string of the molecule is C=C[C@H]1C[NH+]2CC[C@H]1C[C@H]2[C@H](O)c1ccnc2ccccc12.O.[Cl-]. The fourth-order valence-corrected chi connectivity index (χ4v) is 4.50. The molecule has 3 aliphatic heterocycles. The quantitative estimate of drug-likeness (QED) is 0.626. The molecule has 3 fully saturated rings. The van der Waals surface area contributed by atoms with Crippen LogP contribution in [0.25, 0.3) is 10.9 Å². The number of rotatable bonds is 3. The lowest BCUT2D eigenvalue weighted by atomic mass is 9.73. The number of halogens is 1. The van der Waals surface area contributed by atoms with Crippen molar-refractivity contribution in [3.63, 3.8) is 0 Å². The average Bonchev–Trinajstić information content (AvgIpc) is 2.60. The number of nitrogens with zero attached hydrogens (tertiary/aromatic N) is 1. The molecule has 2 aromatic rings. The summed E-state index contributed by atoms with van der Waals surface area (Å²) in [7, 11) is 0. The van der Waals surface area contributed by atoms with Gasteiger partial charge in [-0.05, 0) is 23.6 Å². The third kappa shape index (κ3) is 3.07. The Balaban J connectivity index is 0.00000104. The first-order chi connectivity index (χ1) is 10.8. The van der Waals surface area contributed by atoms with Gasteiger partial charge < -0.3 is 27.9 Å². The van der Waals surface area contributed by atoms with Gasteiger partial charge in [0.1, 0.15) is 12.1 Å². The van der Waals surface area contributed by atoms with E-state index in [2.05, 4.69) is 23.7 Å². The van der Waals surface area contributed by atoms with E-state index >= 15 is 0 Å². The average molecular weight is 349 g/mol. The Bertz CT molecular complexity index is 703. The van der Waals surface area contributed by atoms with Gasteiger partial charge in [-0.15, -0.1) is 6.58 Å². The molecule has 0 saturated carbocycles. The minimum atomic E-state index is -0.406. The Hall–Kier alpha value is -1.46. The molecule has 5 heteroatoms. The molecule has 0 spiro atoms. The predicted molar refractivity (Wildman–Crippen MR) is 91.2 cm³/mol. The highest BCUT2D eigenvalue weighted by molar-refractivity contribution is 5.82. The lowest BCUT2D eigenvalue weighted by Crippen LogP contribution is -3.20. The standard InChI is InChI=1S/C19H22N2O.ClH.H2O/c1-2-13-12-21-10-8-14(13)11-18(21)19(22)16-7-9-20-17-6-4-3-5-15(16)17;;/h2-7,9,13-14,18-19,22H,1,8,10-12H2;1H;1H2/t13-,14-,18-,19+;;/m0../s1. The summed E-state index contributed by atoms with van der Waals surface area (Å²) in [5.74, 6) is 1.32. The molecule has 130 valence electrons. The molecule has 5 atom stereocenters. The molecule has 5 rings (SSSR count). The van der Waals surface area contributed by atoms with Gasteiger partial charge in [0.25, 0.3) is 0 Å². The van der Waals surface area contributed by atoms with Gasteiger partial charge in [0.05, 0.1) is 18.6 Å². The van der Waals surface area contributed by atoms with Gasteiger partial charge in [0, 0.05) is 30.3 Å². The van der Waals surface area contributed by atoms with Crippen LogP contribution in [0.1, 0.15) is 24.5 Å². The maximum atomic E-state index is 11.0. The van der Waals surface area contributed by atoms with Crippen LogP contribution in [0.4, 0.5) is 0 Å². The van der Waals surface area contributed by atoms with E-state index in [0.29, 0.717) is 17.9 Å². The predicted octanol–water partition coefficient (Wildman–Crippen LogP) is -2.07. The molecular weight excluding hydrogens is 324 g/mol. The summed E-state index contributed by atoms with van der Waals surface area (Å²) in [5, 5.41) is 12.1. The molecule has 3 saturated heterocycles. The molecule has 2 bridgehead atoms. The van der Waals surface area contributed by atoms with Gasteiger partial charge in [-0.2, -0.15) is 0 Å². The van der Waals surface area contributed by atoms with E-state index in [1.165, 1.54) is 13.0 Å². The van der Waals surface area contributed by atoms with Crippen molar-refractivity contribution in [1.29, 1.82) is 0 Å². The van der Waals surface area contributed by atoms with Crippen molar-refractivity contribution in [3.8, 4) is 0 Å². The lowest BCUT2D eigenvalue weighted by Gasteiger charge is -2.47. The number of benzene rings is 1. The van der Waals surface area contributed by atoms with Crippen LogP contribution >= 0.6 is 0 Å². The fourth-order valence-electron chi connectivity index (χ4n) is 4.50. The van der Waals surface area contributed by atoms with Crippen LogP contribution in [0, 0.1) is 11.8 Å². The third-order valence-electron chi connectivity index (χ3n) is 5.71. The number of aliphatic hydroxyl groups is 1. The highest BCUT2D eigenvalue weighted by Gasteiger charge is 2.45. The molecule has 3 aliphatic rings. The van der Waals surface area contributed by atoms with Crippen LogP contribution in [0.15, 0.2) is 49.2 Å². The molecule has 0 radical (unpaired) electrons. The maximum Gasteiger partial charge on any atom is 0.131 e. The number of fused-ring (bicyclic) bond motifs is 4. The minimum Gasteiger partial charge on any atom is -1.00 e. The van der Waals surface area contributed by atoms with Crippen molar-refractivity contribution in [2.24, 2.45) is 11.8 Å². The Morgan fingerprint density at radius 3 is 2.79 bits per heavy atom. The summed E-state index contributed by atoms with van der Waals surface area (Å²) in [5.41, 5.74) is 2.00. The summed E-state index contributed by atoms with van der Waals surface area (Å²) in [4.78, 5) is 5.95. The second-order valence-corrected chi connectivity index (χ2v) is 6.77. The summed E-state index contributed by atoms with van der Waals surface area (Å²) in [6.07, 6.45) is 5.90. The monoisotopic (exact) mass is 348 g/mol. The van der Waals surface area contributed by atoms with Crippen LogP contribution in [0.5, 0.6) is 0 Å². The molecule has 0 aliphatic carbocycles. The zero-order chi connectivity index (χ0) is 15.1. The van der Waals surface area contributed by atoms with E-state index in [4.69, 9.17) is 0 Å². The molecule has 4 nitrogen and oxygen atoms in total. The highest BCUT2D eigenvalue weighted by Crippen LogP contribution is 2.33. The van der Waals surface area contributed by atoms with Crippen LogP contribution in [-0.4, -0.2) is 34.7 Å². The molecule has 1 unspecified atom stereocenters. The van der Waals surface area contributed by atoms with Gasteiger partial charge in [-0.3, -0.25) is 4.98 Å². The number of piperidine rings is 3. The van der Waals surface area contributed by atoms with Crippen molar-refractivity contribution in [3.05, 3.63) is 54.7 Å². The third-order valence-corrected chi connectivity index (χ3v) is 5.71. The number of hydrogen-bond donors (Lipinski definition) is 2. The van der Waals surface area contributed by atoms with Gasteiger partial charge in [-0.25, -0.2) is 0 Å². The van der Waals surface area contributed by atoms with Crippen molar-refractivity contribution >= 4 is 10.9 Å². The smallest absolute Gasteiger partial charge is 0.131 e. The Labute approximate surface area is 148 Å². The molecular formula is C19H25ClN2O2. The number of quaternary nitrogens is 1. The van der Waals surface area contributed by atoms with Crippen molar-refractivity contribution in [1.82, 2.24) is 4.98 Å². The van der Waals surface area contributed by atoms with Crippen LogP contribution in [0.2, 0.25) is 0 Å². The fraction of sp³-hybridized carbons (Fsp3) is 0.421. The lowest BCUT2D eigenvalue weighted by molar-refractivity contribution is -0.949. The Morgan fingerprint density at radius 2 is 2.08 bits per heavy atom. The Morgan fingerprint density at radius 1 is 1.29 bits per heavy atom. The molecule has 4 N–H and O–H groups in total. The summed E-state index contributed by atoms with van der Waals surface area (Å²) >= 11 is 0. The van der Waals surface area contributed by atoms with E-state index in [9.17, 15) is 5.11 Å². The number of aliphatic hydroxyl groups excluding tert-OH is 1. The largest absolute Gasteiger partial charge is 1.00 e. The first-order valence-electron chi connectivity index (χ1n) is 8.27. The molecule has 1 aromatic heterocycles.